The second-order valence-electron chi connectivity index (χ2n) is 7.97. The maximum atomic E-state index is 5.07. The van der Waals surface area contributed by atoms with Crippen LogP contribution in [-0.4, -0.2) is 11.5 Å². The lowest BCUT2D eigenvalue weighted by atomic mass is 9.70. The van der Waals surface area contributed by atoms with Crippen molar-refractivity contribution >= 4 is 11.3 Å². The van der Waals surface area contributed by atoms with E-state index in [0.717, 1.165) is 12.5 Å². The maximum absolute atomic E-state index is 5.07. The third kappa shape index (κ3) is 3.50. The van der Waals surface area contributed by atoms with Crippen molar-refractivity contribution in [3.63, 3.8) is 0 Å². The summed E-state index contributed by atoms with van der Waals surface area (Å²) in [6, 6.07) is 0. The number of nitrogens with one attached hydrogen (secondary N) is 1. The van der Waals surface area contributed by atoms with Crippen molar-refractivity contribution in [1.29, 1.82) is 0 Å². The monoisotopic (exact) mass is 308 g/mol. The largest absolute Gasteiger partial charge is 0.305 e. The Labute approximate surface area is 134 Å². The van der Waals surface area contributed by atoms with Crippen molar-refractivity contribution < 1.29 is 0 Å². The van der Waals surface area contributed by atoms with Crippen molar-refractivity contribution in [3.05, 3.63) is 16.1 Å². The highest BCUT2D eigenvalue weighted by atomic mass is 32.1. The third-order valence-electron chi connectivity index (χ3n) is 4.95. The first-order valence-corrected chi connectivity index (χ1v) is 9.39. The van der Waals surface area contributed by atoms with Gasteiger partial charge in [0.25, 0.3) is 0 Å². The van der Waals surface area contributed by atoms with E-state index in [1.807, 2.05) is 11.3 Å². The molecule has 1 N–H and O–H groups in total. The molecule has 2 rings (SSSR count). The average Bonchev–Trinajstić information content (AvgIpc) is 2.90. The van der Waals surface area contributed by atoms with Gasteiger partial charge >= 0.3 is 0 Å². The molecule has 1 heterocycles. The fraction of sp³-hybridized carbons (Fsp3) is 0.833. The highest BCUT2D eigenvalue weighted by Gasteiger charge is 2.44. The molecule has 120 valence electrons. The Morgan fingerprint density at radius 3 is 2.62 bits per heavy atom. The minimum absolute atomic E-state index is 0.0991. The highest BCUT2D eigenvalue weighted by molar-refractivity contribution is 7.09. The zero-order chi connectivity index (χ0) is 15.7. The maximum Gasteiger partial charge on any atom is 0.113 e. The van der Waals surface area contributed by atoms with Crippen LogP contribution in [0.4, 0.5) is 0 Å². The van der Waals surface area contributed by atoms with Crippen LogP contribution in [-0.2, 0) is 11.0 Å². The lowest BCUT2D eigenvalue weighted by Crippen LogP contribution is -2.51. The summed E-state index contributed by atoms with van der Waals surface area (Å²) >= 11 is 1.86. The second kappa shape index (κ2) is 6.37. The second-order valence-corrected chi connectivity index (χ2v) is 8.83. The summed E-state index contributed by atoms with van der Waals surface area (Å²) in [4.78, 5) is 5.07. The van der Waals surface area contributed by atoms with Crippen LogP contribution in [0.1, 0.15) is 77.9 Å². The van der Waals surface area contributed by atoms with Gasteiger partial charge in [-0.05, 0) is 37.6 Å². The van der Waals surface area contributed by atoms with Gasteiger partial charge in [-0.1, -0.05) is 48.0 Å². The molecule has 0 bridgehead atoms. The highest BCUT2D eigenvalue weighted by Crippen LogP contribution is 2.45. The van der Waals surface area contributed by atoms with E-state index in [4.69, 9.17) is 4.98 Å². The van der Waals surface area contributed by atoms with Gasteiger partial charge < -0.3 is 5.32 Å². The Morgan fingerprint density at radius 1 is 1.33 bits per heavy atom. The molecule has 3 unspecified atom stereocenters. The van der Waals surface area contributed by atoms with Crippen LogP contribution >= 0.6 is 11.3 Å². The Hall–Kier alpha value is -0.410. The molecule has 2 nitrogen and oxygen atoms in total. The molecular formula is C18H32N2S. The lowest BCUT2D eigenvalue weighted by Gasteiger charge is -2.44. The normalized spacial score (nSPS) is 30.6. The Balaban J connectivity index is 2.37. The van der Waals surface area contributed by atoms with Crippen molar-refractivity contribution in [3.8, 4) is 0 Å². The fourth-order valence-corrected chi connectivity index (χ4v) is 4.77. The van der Waals surface area contributed by atoms with Gasteiger partial charge in [0.15, 0.2) is 0 Å². The molecule has 3 heteroatoms. The zero-order valence-corrected chi connectivity index (χ0v) is 15.4. The molecular weight excluding hydrogens is 276 g/mol. The topological polar surface area (TPSA) is 24.9 Å². The number of aromatic nitrogens is 1. The SMILES string of the molecule is CCCNC1(c2nc(C(C)(C)C)cs2)CC(C)CCC1C. The van der Waals surface area contributed by atoms with Crippen LogP contribution in [0.3, 0.4) is 0 Å². The molecule has 0 amide bonds. The minimum atomic E-state index is 0.0991. The predicted molar refractivity (Wildman–Crippen MR) is 93.0 cm³/mol. The number of nitrogens with zero attached hydrogens (tertiary/aromatic N) is 1. The van der Waals surface area contributed by atoms with Gasteiger partial charge in [0.05, 0.1) is 11.2 Å². The molecule has 1 aliphatic carbocycles. The number of hydrogen-bond acceptors (Lipinski definition) is 3. The molecule has 21 heavy (non-hydrogen) atoms. The minimum Gasteiger partial charge on any atom is -0.305 e. The first-order chi connectivity index (χ1) is 9.79. The van der Waals surface area contributed by atoms with Gasteiger partial charge in [-0.2, -0.15) is 0 Å². The summed E-state index contributed by atoms with van der Waals surface area (Å²) in [5, 5.41) is 7.49. The molecule has 0 saturated heterocycles. The van der Waals surface area contributed by atoms with Gasteiger partial charge in [-0.15, -0.1) is 11.3 Å². The number of thiazole rings is 1. The fourth-order valence-electron chi connectivity index (χ4n) is 3.43. The standard InChI is InChI=1S/C18H32N2S/c1-7-10-19-18(11-13(2)8-9-14(18)3)16-20-15(12-21-16)17(4,5)6/h12-14,19H,7-11H2,1-6H3. The van der Waals surface area contributed by atoms with Crippen molar-refractivity contribution in [1.82, 2.24) is 10.3 Å². The third-order valence-corrected chi connectivity index (χ3v) is 5.97. The first kappa shape index (κ1) is 17.0. The van der Waals surface area contributed by atoms with Crippen LogP contribution in [0.5, 0.6) is 0 Å². The molecule has 0 spiro atoms. The Morgan fingerprint density at radius 2 is 2.05 bits per heavy atom. The van der Waals surface area contributed by atoms with E-state index in [9.17, 15) is 0 Å². The summed E-state index contributed by atoms with van der Waals surface area (Å²) in [6.45, 7) is 14.9. The molecule has 1 aromatic heterocycles. The van der Waals surface area contributed by atoms with Crippen LogP contribution in [0.25, 0.3) is 0 Å². The Bertz CT molecular complexity index is 460. The molecule has 1 saturated carbocycles. The molecule has 1 fully saturated rings. The van der Waals surface area contributed by atoms with E-state index < -0.39 is 0 Å². The van der Waals surface area contributed by atoms with Crippen LogP contribution in [0, 0.1) is 11.8 Å². The average molecular weight is 309 g/mol. The van der Waals surface area contributed by atoms with Crippen LogP contribution < -0.4 is 5.32 Å². The van der Waals surface area contributed by atoms with Crippen LogP contribution in [0.2, 0.25) is 0 Å². The van der Waals surface area contributed by atoms with Crippen molar-refractivity contribution in [2.24, 2.45) is 11.8 Å². The van der Waals surface area contributed by atoms with Gasteiger partial charge in [-0.25, -0.2) is 4.98 Å². The molecule has 3 atom stereocenters. The quantitative estimate of drug-likeness (QED) is 0.838. The molecule has 0 aliphatic heterocycles. The smallest absolute Gasteiger partial charge is 0.113 e. The lowest BCUT2D eigenvalue weighted by molar-refractivity contribution is 0.118. The molecule has 0 aromatic carbocycles. The van der Waals surface area contributed by atoms with E-state index in [0.29, 0.717) is 5.92 Å². The van der Waals surface area contributed by atoms with E-state index in [1.165, 1.54) is 36.4 Å². The zero-order valence-electron chi connectivity index (χ0n) is 14.6. The van der Waals surface area contributed by atoms with Gasteiger partial charge in [0.2, 0.25) is 0 Å². The predicted octanol–water partition coefficient (Wildman–Crippen LogP) is 5.09. The van der Waals surface area contributed by atoms with Crippen LogP contribution in [0.15, 0.2) is 5.38 Å². The summed E-state index contributed by atoms with van der Waals surface area (Å²) in [6.07, 6.45) is 5.07. The molecule has 1 aliphatic rings. The van der Waals surface area contributed by atoms with Crippen molar-refractivity contribution in [2.45, 2.75) is 78.2 Å². The number of rotatable bonds is 4. The first-order valence-electron chi connectivity index (χ1n) is 8.51. The summed E-state index contributed by atoms with van der Waals surface area (Å²) in [5.41, 5.74) is 1.48. The van der Waals surface area contributed by atoms with E-state index >= 15 is 0 Å². The summed E-state index contributed by atoms with van der Waals surface area (Å²) in [7, 11) is 0. The van der Waals surface area contributed by atoms with E-state index in [1.54, 1.807) is 0 Å². The molecule has 0 radical (unpaired) electrons. The number of hydrogen-bond donors (Lipinski definition) is 1. The van der Waals surface area contributed by atoms with Gasteiger partial charge in [0, 0.05) is 10.8 Å². The summed E-state index contributed by atoms with van der Waals surface area (Å²) < 4.78 is 0. The Kier molecular flexibility index (Phi) is 5.15. The summed E-state index contributed by atoms with van der Waals surface area (Å²) in [5.74, 6) is 1.45. The van der Waals surface area contributed by atoms with Gasteiger partial charge in [0.1, 0.15) is 5.01 Å². The van der Waals surface area contributed by atoms with Gasteiger partial charge in [-0.3, -0.25) is 0 Å². The van der Waals surface area contributed by atoms with E-state index in [2.05, 4.69) is 52.2 Å². The van der Waals surface area contributed by atoms with E-state index in [-0.39, 0.29) is 11.0 Å². The van der Waals surface area contributed by atoms with Crippen molar-refractivity contribution in [2.75, 3.05) is 6.54 Å². The molecule has 1 aromatic rings.